The Morgan fingerprint density at radius 3 is 2.48 bits per heavy atom. The molecule has 0 aromatic carbocycles. The highest BCUT2D eigenvalue weighted by Crippen LogP contribution is 2.30. The third-order valence-electron chi connectivity index (χ3n) is 3.59. The molecule has 0 saturated carbocycles. The molecule has 1 heterocycles. The summed E-state index contributed by atoms with van der Waals surface area (Å²) in [5.41, 5.74) is 0. The second-order valence-corrected chi connectivity index (χ2v) is 5.14. The minimum atomic E-state index is -2.79. The predicted molar refractivity (Wildman–Crippen MR) is 71.0 cm³/mol. The van der Waals surface area contributed by atoms with Gasteiger partial charge in [0.25, 0.3) is 5.79 Å². The van der Waals surface area contributed by atoms with Crippen LogP contribution in [0.1, 0.15) is 6.42 Å². The van der Waals surface area contributed by atoms with E-state index >= 15 is 0 Å². The van der Waals surface area contributed by atoms with Gasteiger partial charge in [-0.05, 0) is 0 Å². The number of aliphatic carboxylic acids is 1. The van der Waals surface area contributed by atoms with Gasteiger partial charge in [-0.15, -0.1) is 0 Å². The lowest BCUT2D eigenvalue weighted by atomic mass is 9.88. The SMILES string of the molecule is CO[C@H](CO)[C@@H](O)[C@@H]1O[C@](O)(C(=O)O)C[C@H](O)[C@H]1NC(=O)CO. The van der Waals surface area contributed by atoms with Crippen molar-refractivity contribution in [1.29, 1.82) is 0 Å². The number of methoxy groups -OCH3 is 1. The average Bonchev–Trinajstić information content (AvgIpc) is 2.50. The first-order valence-corrected chi connectivity index (χ1v) is 6.73. The van der Waals surface area contributed by atoms with Gasteiger partial charge in [0, 0.05) is 13.5 Å². The zero-order valence-electron chi connectivity index (χ0n) is 12.3. The topological polar surface area (TPSA) is 186 Å². The van der Waals surface area contributed by atoms with Crippen molar-refractivity contribution in [2.24, 2.45) is 0 Å². The van der Waals surface area contributed by atoms with Crippen molar-refractivity contribution in [2.75, 3.05) is 20.3 Å². The maximum absolute atomic E-state index is 11.3. The van der Waals surface area contributed by atoms with Gasteiger partial charge in [0.05, 0.1) is 18.8 Å². The van der Waals surface area contributed by atoms with E-state index in [1.54, 1.807) is 0 Å². The maximum Gasteiger partial charge on any atom is 0.364 e. The molecule has 1 amide bonds. The molecule has 1 fully saturated rings. The summed E-state index contributed by atoms with van der Waals surface area (Å²) < 4.78 is 9.77. The minimum absolute atomic E-state index is 0.667. The molecule has 0 spiro atoms. The highest BCUT2D eigenvalue weighted by atomic mass is 16.7. The quantitative estimate of drug-likeness (QED) is 0.239. The Balaban J connectivity index is 3.11. The lowest BCUT2D eigenvalue weighted by Gasteiger charge is -2.45. The molecule has 11 nitrogen and oxygen atoms in total. The zero-order chi connectivity index (χ0) is 17.8. The van der Waals surface area contributed by atoms with Crippen molar-refractivity contribution in [3.8, 4) is 0 Å². The molecular weight excluding hydrogens is 318 g/mol. The van der Waals surface area contributed by atoms with Crippen LogP contribution in [-0.4, -0.2) is 99.1 Å². The van der Waals surface area contributed by atoms with Gasteiger partial charge in [-0.25, -0.2) is 4.79 Å². The summed E-state index contributed by atoms with van der Waals surface area (Å²) in [6, 6.07) is -1.34. The molecule has 0 aromatic heterocycles. The first-order chi connectivity index (χ1) is 10.7. The number of hydrogen-bond acceptors (Lipinski definition) is 9. The zero-order valence-corrected chi connectivity index (χ0v) is 12.3. The van der Waals surface area contributed by atoms with E-state index in [0.717, 1.165) is 7.11 Å². The van der Waals surface area contributed by atoms with Crippen molar-refractivity contribution in [1.82, 2.24) is 5.32 Å². The number of aliphatic hydroxyl groups is 5. The fourth-order valence-electron chi connectivity index (χ4n) is 2.34. The summed E-state index contributed by atoms with van der Waals surface area (Å²) in [6.45, 7) is -1.58. The number of ether oxygens (including phenoxy) is 2. The molecule has 0 aliphatic carbocycles. The second-order valence-electron chi connectivity index (χ2n) is 5.14. The van der Waals surface area contributed by atoms with E-state index < -0.39 is 67.8 Å². The first-order valence-electron chi connectivity index (χ1n) is 6.73. The molecule has 23 heavy (non-hydrogen) atoms. The van der Waals surface area contributed by atoms with E-state index in [-0.39, 0.29) is 0 Å². The highest BCUT2D eigenvalue weighted by molar-refractivity contribution is 5.78. The van der Waals surface area contributed by atoms with Crippen molar-refractivity contribution in [2.45, 2.75) is 42.7 Å². The van der Waals surface area contributed by atoms with E-state index in [4.69, 9.17) is 24.8 Å². The number of carbonyl (C=O) groups excluding carboxylic acids is 1. The van der Waals surface area contributed by atoms with Crippen LogP contribution in [-0.2, 0) is 19.1 Å². The number of amides is 1. The number of rotatable bonds is 7. The number of carboxylic acid groups (broad SMARTS) is 1. The minimum Gasteiger partial charge on any atom is -0.477 e. The molecule has 7 N–H and O–H groups in total. The number of nitrogens with one attached hydrogen (secondary N) is 1. The van der Waals surface area contributed by atoms with Gasteiger partial charge < -0.3 is 45.4 Å². The molecule has 1 saturated heterocycles. The summed E-state index contributed by atoms with van der Waals surface area (Å²) in [6.07, 6.45) is -6.91. The van der Waals surface area contributed by atoms with Crippen LogP contribution >= 0.6 is 0 Å². The highest BCUT2D eigenvalue weighted by Gasteiger charge is 2.54. The third-order valence-corrected chi connectivity index (χ3v) is 3.59. The molecule has 6 atom stereocenters. The van der Waals surface area contributed by atoms with Crippen LogP contribution in [0, 0.1) is 0 Å². The number of hydrogen-bond donors (Lipinski definition) is 7. The number of aliphatic hydroxyl groups excluding tert-OH is 4. The molecule has 11 heteroatoms. The van der Waals surface area contributed by atoms with Crippen LogP contribution < -0.4 is 5.32 Å². The standard InChI is InChI=1S/C12H21NO10/c1-22-6(3-14)9(18)10-8(13-7(17)4-15)5(16)2-12(21,23-10)11(19)20/h5-6,8-10,14-16,18,21H,2-4H2,1H3,(H,13,17)(H,19,20)/t5-,6+,8+,9+,10+,12-/m0/s1. The summed E-state index contributed by atoms with van der Waals surface area (Å²) in [4.78, 5) is 22.4. The first kappa shape index (κ1) is 19.7. The smallest absolute Gasteiger partial charge is 0.364 e. The molecule has 1 aliphatic heterocycles. The van der Waals surface area contributed by atoms with Crippen molar-refractivity contribution < 1.29 is 49.7 Å². The number of carboxylic acids is 1. The maximum atomic E-state index is 11.3. The van der Waals surface area contributed by atoms with Gasteiger partial charge in [0.15, 0.2) is 0 Å². The van der Waals surface area contributed by atoms with E-state index in [1.165, 1.54) is 0 Å². The summed E-state index contributed by atoms with van der Waals surface area (Å²) >= 11 is 0. The largest absolute Gasteiger partial charge is 0.477 e. The predicted octanol–water partition coefficient (Wildman–Crippen LogP) is -4.25. The van der Waals surface area contributed by atoms with Gasteiger partial charge in [-0.2, -0.15) is 0 Å². The van der Waals surface area contributed by atoms with Crippen molar-refractivity contribution in [3.63, 3.8) is 0 Å². The van der Waals surface area contributed by atoms with Crippen LogP contribution in [0.25, 0.3) is 0 Å². The molecule has 0 bridgehead atoms. The lowest BCUT2D eigenvalue weighted by molar-refractivity contribution is -0.295. The molecule has 1 aliphatic rings. The van der Waals surface area contributed by atoms with Crippen LogP contribution in [0.5, 0.6) is 0 Å². The van der Waals surface area contributed by atoms with Gasteiger partial charge in [-0.1, -0.05) is 0 Å². The average molecular weight is 339 g/mol. The van der Waals surface area contributed by atoms with Crippen LogP contribution in [0.4, 0.5) is 0 Å². The molecule has 0 radical (unpaired) electrons. The Labute approximate surface area is 131 Å². The van der Waals surface area contributed by atoms with Gasteiger partial charge in [0.2, 0.25) is 5.91 Å². The lowest BCUT2D eigenvalue weighted by Crippen LogP contribution is -2.67. The Kier molecular flexibility index (Phi) is 6.83. The Hall–Kier alpha value is -1.34. The monoisotopic (exact) mass is 339 g/mol. The summed E-state index contributed by atoms with van der Waals surface area (Å²) in [5.74, 6) is -5.49. The van der Waals surface area contributed by atoms with Crippen LogP contribution in [0.15, 0.2) is 0 Å². The fourth-order valence-corrected chi connectivity index (χ4v) is 2.34. The second kappa shape index (κ2) is 7.97. The Bertz CT molecular complexity index is 428. The summed E-state index contributed by atoms with van der Waals surface area (Å²) in [7, 11) is 1.16. The van der Waals surface area contributed by atoms with E-state index in [1.807, 2.05) is 0 Å². The van der Waals surface area contributed by atoms with Crippen LogP contribution in [0.3, 0.4) is 0 Å². The van der Waals surface area contributed by atoms with E-state index in [2.05, 4.69) is 5.32 Å². The van der Waals surface area contributed by atoms with Crippen molar-refractivity contribution >= 4 is 11.9 Å². The molecule has 1 rings (SSSR count). The molecule has 134 valence electrons. The van der Waals surface area contributed by atoms with E-state index in [0.29, 0.717) is 0 Å². The fraction of sp³-hybridized carbons (Fsp3) is 0.833. The summed E-state index contributed by atoms with van der Waals surface area (Å²) in [5, 5.41) is 59.2. The number of carbonyl (C=O) groups is 2. The Morgan fingerprint density at radius 1 is 1.43 bits per heavy atom. The third kappa shape index (κ3) is 4.35. The Morgan fingerprint density at radius 2 is 2.04 bits per heavy atom. The van der Waals surface area contributed by atoms with Gasteiger partial charge in [0.1, 0.15) is 24.9 Å². The van der Waals surface area contributed by atoms with E-state index in [9.17, 15) is 24.9 Å². The molecule has 0 unspecified atom stereocenters. The molecular formula is C12H21NO10. The van der Waals surface area contributed by atoms with Crippen molar-refractivity contribution in [3.05, 3.63) is 0 Å². The van der Waals surface area contributed by atoms with Crippen LogP contribution in [0.2, 0.25) is 0 Å². The van der Waals surface area contributed by atoms with Gasteiger partial charge >= 0.3 is 5.97 Å². The molecule has 0 aromatic rings. The van der Waals surface area contributed by atoms with Gasteiger partial charge in [-0.3, -0.25) is 4.79 Å². The normalized spacial score (nSPS) is 33.7.